The first-order valence-corrected chi connectivity index (χ1v) is 8.21. The van der Waals surface area contributed by atoms with Crippen molar-refractivity contribution in [2.75, 3.05) is 0 Å². The van der Waals surface area contributed by atoms with E-state index in [-0.39, 0.29) is 24.0 Å². The van der Waals surface area contributed by atoms with Gasteiger partial charge in [-0.3, -0.25) is 4.79 Å². The molecule has 1 unspecified atom stereocenters. The zero-order valence-electron chi connectivity index (χ0n) is 13.1. The van der Waals surface area contributed by atoms with E-state index < -0.39 is 0 Å². The molecule has 1 amide bonds. The summed E-state index contributed by atoms with van der Waals surface area (Å²) >= 11 is 0. The van der Waals surface area contributed by atoms with Crippen molar-refractivity contribution in [2.24, 2.45) is 5.92 Å². The maximum atomic E-state index is 12.6. The largest absolute Gasteiger partial charge is 0.393 e. The first kappa shape index (κ1) is 15.7. The number of aliphatic hydroxyl groups is 1. The summed E-state index contributed by atoms with van der Waals surface area (Å²) in [5.41, 5.74) is 1.09. The summed E-state index contributed by atoms with van der Waals surface area (Å²) in [6.45, 7) is 0.658. The van der Waals surface area contributed by atoms with Crippen LogP contribution >= 0.6 is 0 Å². The summed E-state index contributed by atoms with van der Waals surface area (Å²) in [6.07, 6.45) is 8.13. The van der Waals surface area contributed by atoms with E-state index in [2.05, 4.69) is 10.3 Å². The van der Waals surface area contributed by atoms with E-state index in [4.69, 9.17) is 0 Å². The molecule has 1 aliphatic rings. The van der Waals surface area contributed by atoms with Gasteiger partial charge in [-0.25, -0.2) is 4.98 Å². The Kier molecular flexibility index (Phi) is 5.08. The Hall–Kier alpha value is -2.14. The molecule has 0 aliphatic heterocycles. The zero-order valence-corrected chi connectivity index (χ0v) is 13.1. The van der Waals surface area contributed by atoms with Crippen LogP contribution in [0.15, 0.2) is 49.1 Å². The third-order valence-electron chi connectivity index (χ3n) is 4.54. The smallest absolute Gasteiger partial charge is 0.223 e. The first-order chi connectivity index (χ1) is 11.2. The van der Waals surface area contributed by atoms with Gasteiger partial charge in [-0.05, 0) is 31.2 Å². The quantitative estimate of drug-likeness (QED) is 0.890. The molecule has 0 bridgehead atoms. The minimum Gasteiger partial charge on any atom is -0.393 e. The second-order valence-electron chi connectivity index (χ2n) is 6.24. The Balaban J connectivity index is 1.69. The highest BCUT2D eigenvalue weighted by Crippen LogP contribution is 2.25. The van der Waals surface area contributed by atoms with Crippen LogP contribution in [0.5, 0.6) is 0 Å². The van der Waals surface area contributed by atoms with Crippen molar-refractivity contribution in [1.82, 2.24) is 14.9 Å². The predicted molar refractivity (Wildman–Crippen MR) is 87.5 cm³/mol. The lowest BCUT2D eigenvalue weighted by atomic mass is 9.86. The van der Waals surface area contributed by atoms with Crippen LogP contribution in [0.3, 0.4) is 0 Å². The average Bonchev–Trinajstić information content (AvgIpc) is 3.09. The van der Waals surface area contributed by atoms with Gasteiger partial charge in [-0.2, -0.15) is 0 Å². The SMILES string of the molecule is O=C(NC(Cn1ccnc1)c1ccccc1)C1CCC(O)CC1. The lowest BCUT2D eigenvalue weighted by Gasteiger charge is -2.27. The summed E-state index contributed by atoms with van der Waals surface area (Å²) in [5, 5.41) is 12.8. The lowest BCUT2D eigenvalue weighted by Crippen LogP contribution is -2.37. The molecule has 122 valence electrons. The Bertz CT molecular complexity index is 604. The average molecular weight is 313 g/mol. The van der Waals surface area contributed by atoms with Crippen LogP contribution in [0.4, 0.5) is 0 Å². The minimum atomic E-state index is -0.241. The molecule has 5 nitrogen and oxygen atoms in total. The number of nitrogens with one attached hydrogen (secondary N) is 1. The van der Waals surface area contributed by atoms with Crippen molar-refractivity contribution in [3.8, 4) is 0 Å². The third-order valence-corrected chi connectivity index (χ3v) is 4.54. The molecule has 1 fully saturated rings. The highest BCUT2D eigenvalue weighted by atomic mass is 16.3. The summed E-state index contributed by atoms with van der Waals surface area (Å²) in [6, 6.07) is 9.93. The molecule has 0 spiro atoms. The van der Waals surface area contributed by atoms with Crippen LogP contribution in [0.1, 0.15) is 37.3 Å². The van der Waals surface area contributed by atoms with Crippen molar-refractivity contribution >= 4 is 5.91 Å². The Labute approximate surface area is 136 Å². The van der Waals surface area contributed by atoms with Gasteiger partial charge < -0.3 is 15.0 Å². The van der Waals surface area contributed by atoms with Crippen LogP contribution in [0.25, 0.3) is 0 Å². The Morgan fingerprint density at radius 2 is 2.00 bits per heavy atom. The number of carbonyl (C=O) groups is 1. The van der Waals surface area contributed by atoms with Crippen molar-refractivity contribution in [3.05, 3.63) is 54.6 Å². The van der Waals surface area contributed by atoms with Crippen molar-refractivity contribution in [2.45, 2.75) is 44.4 Å². The number of aliphatic hydroxyl groups excluding tert-OH is 1. The third kappa shape index (κ3) is 4.20. The fraction of sp³-hybridized carbons (Fsp3) is 0.444. The highest BCUT2D eigenvalue weighted by molar-refractivity contribution is 5.79. The maximum Gasteiger partial charge on any atom is 0.223 e. The number of benzene rings is 1. The monoisotopic (exact) mass is 313 g/mol. The molecular formula is C18H23N3O2. The molecule has 1 aliphatic carbocycles. The van der Waals surface area contributed by atoms with E-state index >= 15 is 0 Å². The molecule has 1 heterocycles. The second-order valence-corrected chi connectivity index (χ2v) is 6.24. The van der Waals surface area contributed by atoms with Gasteiger partial charge in [-0.1, -0.05) is 30.3 Å². The molecular weight excluding hydrogens is 290 g/mol. The van der Waals surface area contributed by atoms with Gasteiger partial charge in [0.15, 0.2) is 0 Å². The number of nitrogens with zero attached hydrogens (tertiary/aromatic N) is 2. The van der Waals surface area contributed by atoms with Gasteiger partial charge in [0.1, 0.15) is 0 Å². The fourth-order valence-corrected chi connectivity index (χ4v) is 3.15. The highest BCUT2D eigenvalue weighted by Gasteiger charge is 2.27. The topological polar surface area (TPSA) is 67.2 Å². The normalized spacial score (nSPS) is 22.5. The molecule has 1 atom stereocenters. The number of aromatic nitrogens is 2. The Morgan fingerprint density at radius 1 is 1.26 bits per heavy atom. The molecule has 5 heteroatoms. The number of hydrogen-bond acceptors (Lipinski definition) is 3. The molecule has 2 N–H and O–H groups in total. The maximum absolute atomic E-state index is 12.6. The number of carbonyl (C=O) groups excluding carboxylic acids is 1. The van der Waals surface area contributed by atoms with Crippen LogP contribution in [-0.4, -0.2) is 26.7 Å². The van der Waals surface area contributed by atoms with E-state index in [1.165, 1.54) is 0 Å². The van der Waals surface area contributed by atoms with E-state index in [0.29, 0.717) is 6.54 Å². The minimum absolute atomic E-state index is 0.00685. The van der Waals surface area contributed by atoms with Crippen molar-refractivity contribution in [1.29, 1.82) is 0 Å². The molecule has 2 aromatic rings. The molecule has 1 aromatic carbocycles. The lowest BCUT2D eigenvalue weighted by molar-refractivity contribution is -0.127. The predicted octanol–water partition coefficient (Wildman–Crippen LogP) is 2.29. The Morgan fingerprint density at radius 3 is 2.65 bits per heavy atom. The molecule has 23 heavy (non-hydrogen) atoms. The summed E-state index contributed by atoms with van der Waals surface area (Å²) in [4.78, 5) is 16.7. The van der Waals surface area contributed by atoms with Gasteiger partial charge in [0.2, 0.25) is 5.91 Å². The fourth-order valence-electron chi connectivity index (χ4n) is 3.15. The summed E-state index contributed by atoms with van der Waals surface area (Å²) < 4.78 is 1.97. The van der Waals surface area contributed by atoms with E-state index in [1.807, 2.05) is 41.1 Å². The van der Waals surface area contributed by atoms with E-state index in [0.717, 1.165) is 31.2 Å². The van der Waals surface area contributed by atoms with Gasteiger partial charge in [0, 0.05) is 24.9 Å². The van der Waals surface area contributed by atoms with Crippen LogP contribution in [0, 0.1) is 5.92 Å². The van der Waals surface area contributed by atoms with Crippen LogP contribution in [-0.2, 0) is 11.3 Å². The van der Waals surface area contributed by atoms with Crippen molar-refractivity contribution < 1.29 is 9.90 Å². The number of imidazole rings is 1. The molecule has 1 aromatic heterocycles. The van der Waals surface area contributed by atoms with Crippen LogP contribution in [0.2, 0.25) is 0 Å². The van der Waals surface area contributed by atoms with Gasteiger partial charge >= 0.3 is 0 Å². The molecule has 3 rings (SSSR count). The van der Waals surface area contributed by atoms with E-state index in [9.17, 15) is 9.90 Å². The summed E-state index contributed by atoms with van der Waals surface area (Å²) in [7, 11) is 0. The van der Waals surface area contributed by atoms with Crippen LogP contribution < -0.4 is 5.32 Å². The second kappa shape index (κ2) is 7.42. The number of amides is 1. The van der Waals surface area contributed by atoms with Gasteiger partial charge in [-0.15, -0.1) is 0 Å². The van der Waals surface area contributed by atoms with Crippen molar-refractivity contribution in [3.63, 3.8) is 0 Å². The first-order valence-electron chi connectivity index (χ1n) is 8.21. The van der Waals surface area contributed by atoms with E-state index in [1.54, 1.807) is 12.5 Å². The zero-order chi connectivity index (χ0) is 16.1. The molecule has 0 radical (unpaired) electrons. The number of hydrogen-bond donors (Lipinski definition) is 2. The number of rotatable bonds is 5. The standard InChI is InChI=1S/C18H23N3O2/c22-16-8-6-15(7-9-16)18(23)20-17(12-21-11-10-19-13-21)14-4-2-1-3-5-14/h1-5,10-11,13,15-17,22H,6-9,12H2,(H,20,23). The summed E-state index contributed by atoms with van der Waals surface area (Å²) in [5.74, 6) is 0.0956. The van der Waals surface area contributed by atoms with Gasteiger partial charge in [0.05, 0.1) is 18.5 Å². The molecule has 1 saturated carbocycles. The van der Waals surface area contributed by atoms with Gasteiger partial charge in [0.25, 0.3) is 0 Å². The molecule has 0 saturated heterocycles.